The van der Waals surface area contributed by atoms with E-state index in [4.69, 9.17) is 16.0 Å². The largest absolute Gasteiger partial charge is 0.463 e. The van der Waals surface area contributed by atoms with Gasteiger partial charge >= 0.3 is 0 Å². The summed E-state index contributed by atoms with van der Waals surface area (Å²) in [7, 11) is -3.65. The molecular weight excluding hydrogens is 408 g/mol. The molecular formula is C22H17ClN2O3S. The fraction of sp³-hybridized carbons (Fsp3) is 0.0455. The lowest BCUT2D eigenvalue weighted by atomic mass is 10.1. The van der Waals surface area contributed by atoms with Crippen LogP contribution in [0.4, 0.5) is 0 Å². The minimum atomic E-state index is -3.65. The summed E-state index contributed by atoms with van der Waals surface area (Å²) in [5, 5.41) is 0.632. The van der Waals surface area contributed by atoms with Crippen LogP contribution < -0.4 is 4.72 Å². The minimum Gasteiger partial charge on any atom is -0.463 e. The number of sulfonamides is 1. The number of hydrogen-bond acceptors (Lipinski definition) is 4. The molecule has 0 aliphatic heterocycles. The molecule has 146 valence electrons. The van der Waals surface area contributed by atoms with Crippen LogP contribution in [-0.4, -0.2) is 13.4 Å². The first kappa shape index (κ1) is 19.4. The van der Waals surface area contributed by atoms with E-state index in [0.717, 1.165) is 16.7 Å². The molecule has 2 heterocycles. The molecule has 1 N–H and O–H groups in total. The molecule has 0 unspecified atom stereocenters. The maximum absolute atomic E-state index is 12.7. The molecule has 2 aromatic heterocycles. The van der Waals surface area contributed by atoms with Crippen molar-refractivity contribution < 1.29 is 12.8 Å². The number of pyridine rings is 1. The van der Waals surface area contributed by atoms with Crippen LogP contribution in [-0.2, 0) is 16.6 Å². The maximum atomic E-state index is 12.7. The van der Waals surface area contributed by atoms with Crippen LogP contribution in [0.15, 0.2) is 94.6 Å². The van der Waals surface area contributed by atoms with Gasteiger partial charge in [-0.25, -0.2) is 13.1 Å². The fourth-order valence-corrected chi connectivity index (χ4v) is 4.11. The summed E-state index contributed by atoms with van der Waals surface area (Å²) in [6, 6.07) is 21.2. The molecule has 0 saturated heterocycles. The van der Waals surface area contributed by atoms with Gasteiger partial charge in [0.2, 0.25) is 10.0 Å². The van der Waals surface area contributed by atoms with E-state index >= 15 is 0 Å². The monoisotopic (exact) mass is 424 g/mol. The normalized spacial score (nSPS) is 11.5. The first-order valence-corrected chi connectivity index (χ1v) is 10.7. The molecule has 0 radical (unpaired) electrons. The van der Waals surface area contributed by atoms with Crippen molar-refractivity contribution >= 4 is 21.6 Å². The Morgan fingerprint density at radius 3 is 2.48 bits per heavy atom. The summed E-state index contributed by atoms with van der Waals surface area (Å²) in [6.07, 6.45) is 3.20. The summed E-state index contributed by atoms with van der Waals surface area (Å²) in [5.74, 6) is 0.631. The van der Waals surface area contributed by atoms with E-state index in [0.29, 0.717) is 16.5 Å². The number of rotatable bonds is 6. The summed E-state index contributed by atoms with van der Waals surface area (Å²) in [5.41, 5.74) is 3.25. The van der Waals surface area contributed by atoms with Crippen LogP contribution in [0.5, 0.6) is 0 Å². The Kier molecular flexibility index (Phi) is 5.49. The van der Waals surface area contributed by atoms with Gasteiger partial charge in [-0.05, 0) is 65.2 Å². The van der Waals surface area contributed by atoms with E-state index in [1.54, 1.807) is 67.1 Å². The standard InChI is InChI=1S/C22H17ClN2O3S/c23-19-4-1-3-18(14-19)17-6-8-20(9-7-17)29(26,27)25-15-16-10-11-24-21(13-16)22-5-2-12-28-22/h1-14,25H,15H2. The lowest BCUT2D eigenvalue weighted by molar-refractivity contribution is 0.579. The molecule has 0 fully saturated rings. The molecule has 0 aliphatic carbocycles. The van der Waals surface area contributed by atoms with E-state index in [2.05, 4.69) is 9.71 Å². The Morgan fingerprint density at radius 2 is 1.76 bits per heavy atom. The number of hydrogen-bond donors (Lipinski definition) is 1. The highest BCUT2D eigenvalue weighted by molar-refractivity contribution is 7.89. The highest BCUT2D eigenvalue weighted by Crippen LogP contribution is 2.24. The third kappa shape index (κ3) is 4.56. The molecule has 2 aromatic carbocycles. The van der Waals surface area contributed by atoms with Crippen molar-refractivity contribution in [3.63, 3.8) is 0 Å². The van der Waals surface area contributed by atoms with Crippen molar-refractivity contribution in [1.29, 1.82) is 0 Å². The van der Waals surface area contributed by atoms with Gasteiger partial charge in [-0.15, -0.1) is 0 Å². The van der Waals surface area contributed by atoms with E-state index in [-0.39, 0.29) is 11.4 Å². The summed E-state index contributed by atoms with van der Waals surface area (Å²) < 4.78 is 33.3. The van der Waals surface area contributed by atoms with Gasteiger partial charge in [0.05, 0.1) is 11.2 Å². The summed E-state index contributed by atoms with van der Waals surface area (Å²) >= 11 is 6.03. The second-order valence-electron chi connectivity index (χ2n) is 6.39. The first-order chi connectivity index (χ1) is 14.0. The predicted molar refractivity (Wildman–Crippen MR) is 113 cm³/mol. The third-order valence-corrected chi connectivity index (χ3v) is 6.04. The number of nitrogens with one attached hydrogen (secondary N) is 1. The zero-order valence-corrected chi connectivity index (χ0v) is 16.8. The van der Waals surface area contributed by atoms with Crippen molar-refractivity contribution in [2.45, 2.75) is 11.4 Å². The highest BCUT2D eigenvalue weighted by Gasteiger charge is 2.14. The Labute approximate surface area is 174 Å². The molecule has 29 heavy (non-hydrogen) atoms. The van der Waals surface area contributed by atoms with Gasteiger partial charge in [-0.3, -0.25) is 4.98 Å². The van der Waals surface area contributed by atoms with E-state index in [1.807, 2.05) is 18.2 Å². The predicted octanol–water partition coefficient (Wildman–Crippen LogP) is 5.14. The number of aromatic nitrogens is 1. The second-order valence-corrected chi connectivity index (χ2v) is 8.59. The molecule has 0 aliphatic rings. The first-order valence-electron chi connectivity index (χ1n) is 8.86. The van der Waals surface area contributed by atoms with Crippen LogP contribution in [0.3, 0.4) is 0 Å². The number of nitrogens with zero attached hydrogens (tertiary/aromatic N) is 1. The Morgan fingerprint density at radius 1 is 0.931 bits per heavy atom. The van der Waals surface area contributed by atoms with Crippen LogP contribution >= 0.6 is 11.6 Å². The summed E-state index contributed by atoms with van der Waals surface area (Å²) in [6.45, 7) is 0.147. The van der Waals surface area contributed by atoms with Crippen molar-refractivity contribution in [1.82, 2.24) is 9.71 Å². The van der Waals surface area contributed by atoms with Gasteiger partial charge in [0.15, 0.2) is 5.76 Å². The zero-order valence-electron chi connectivity index (χ0n) is 15.2. The number of benzene rings is 2. The minimum absolute atomic E-state index is 0.147. The fourth-order valence-electron chi connectivity index (χ4n) is 2.90. The van der Waals surface area contributed by atoms with Crippen LogP contribution in [0.25, 0.3) is 22.6 Å². The van der Waals surface area contributed by atoms with Gasteiger partial charge in [0.1, 0.15) is 5.69 Å². The van der Waals surface area contributed by atoms with Gasteiger partial charge in [0.25, 0.3) is 0 Å². The molecule has 0 amide bonds. The van der Waals surface area contributed by atoms with Crippen LogP contribution in [0.1, 0.15) is 5.56 Å². The second kappa shape index (κ2) is 8.21. The Balaban J connectivity index is 1.48. The molecule has 0 atom stereocenters. The molecule has 4 rings (SSSR count). The van der Waals surface area contributed by atoms with E-state index < -0.39 is 10.0 Å². The van der Waals surface area contributed by atoms with Gasteiger partial charge in [0, 0.05) is 17.8 Å². The number of halogens is 1. The third-order valence-electron chi connectivity index (χ3n) is 4.39. The van der Waals surface area contributed by atoms with Gasteiger partial charge in [-0.2, -0.15) is 0 Å². The molecule has 0 spiro atoms. The molecule has 0 bridgehead atoms. The molecule has 5 nitrogen and oxygen atoms in total. The Hall–Kier alpha value is -2.93. The SMILES string of the molecule is O=S(=O)(NCc1ccnc(-c2ccco2)c1)c1ccc(-c2cccc(Cl)c2)cc1. The van der Waals surface area contributed by atoms with E-state index in [1.165, 1.54) is 0 Å². The molecule has 7 heteroatoms. The van der Waals surface area contributed by atoms with Crippen molar-refractivity contribution in [3.05, 3.63) is 95.8 Å². The van der Waals surface area contributed by atoms with Gasteiger partial charge < -0.3 is 4.42 Å². The highest BCUT2D eigenvalue weighted by atomic mass is 35.5. The molecule has 4 aromatic rings. The van der Waals surface area contributed by atoms with Crippen LogP contribution in [0.2, 0.25) is 5.02 Å². The van der Waals surface area contributed by atoms with Crippen molar-refractivity contribution in [2.75, 3.05) is 0 Å². The average molecular weight is 425 g/mol. The lowest BCUT2D eigenvalue weighted by Gasteiger charge is -2.09. The lowest BCUT2D eigenvalue weighted by Crippen LogP contribution is -2.23. The summed E-state index contributed by atoms with van der Waals surface area (Å²) in [4.78, 5) is 4.45. The van der Waals surface area contributed by atoms with Gasteiger partial charge in [-0.1, -0.05) is 35.9 Å². The van der Waals surface area contributed by atoms with E-state index in [9.17, 15) is 8.42 Å². The quantitative estimate of drug-likeness (QED) is 0.465. The smallest absolute Gasteiger partial charge is 0.240 e. The Bertz CT molecular complexity index is 1220. The maximum Gasteiger partial charge on any atom is 0.240 e. The molecule has 0 saturated carbocycles. The zero-order chi connectivity index (χ0) is 20.3. The topological polar surface area (TPSA) is 72.2 Å². The van der Waals surface area contributed by atoms with Crippen molar-refractivity contribution in [2.24, 2.45) is 0 Å². The van der Waals surface area contributed by atoms with Crippen molar-refractivity contribution in [3.8, 4) is 22.6 Å². The number of furan rings is 1. The average Bonchev–Trinajstić information content (AvgIpc) is 3.28. The van der Waals surface area contributed by atoms with Crippen LogP contribution in [0, 0.1) is 0 Å².